The van der Waals surface area contributed by atoms with Crippen molar-refractivity contribution in [3.63, 3.8) is 0 Å². The Morgan fingerprint density at radius 1 is 1.23 bits per heavy atom. The minimum absolute atomic E-state index is 0.513. The number of nitrogens with one attached hydrogen (secondary N) is 2. The Morgan fingerprint density at radius 2 is 2.05 bits per heavy atom. The maximum absolute atomic E-state index is 5.30. The van der Waals surface area contributed by atoms with Crippen molar-refractivity contribution in [2.24, 2.45) is 0 Å². The second-order valence-electron chi connectivity index (χ2n) is 5.07. The number of nitrogens with zero attached hydrogens (tertiary/aromatic N) is 4. The Hall–Kier alpha value is -2.41. The molecule has 22 heavy (non-hydrogen) atoms. The van der Waals surface area contributed by atoms with Gasteiger partial charge in [-0.25, -0.2) is 0 Å². The molecule has 0 atom stereocenters. The number of rotatable bonds is 8. The molecule has 7 heteroatoms. The summed E-state index contributed by atoms with van der Waals surface area (Å²) in [6.07, 6.45) is 2.60. The average Bonchev–Trinajstić information content (AvgIpc) is 2.52. The van der Waals surface area contributed by atoms with Crippen LogP contribution in [-0.4, -0.2) is 54.4 Å². The summed E-state index contributed by atoms with van der Waals surface area (Å²) in [6, 6.07) is 7.66. The molecule has 1 heterocycles. The van der Waals surface area contributed by atoms with Gasteiger partial charge in [-0.2, -0.15) is 10.1 Å². The number of benzene rings is 1. The summed E-state index contributed by atoms with van der Waals surface area (Å²) < 4.78 is 5.30. The summed E-state index contributed by atoms with van der Waals surface area (Å²) in [5.74, 6) is 1.88. The van der Waals surface area contributed by atoms with Gasteiger partial charge in [-0.1, -0.05) is 12.1 Å². The Morgan fingerprint density at radius 3 is 2.82 bits per heavy atom. The van der Waals surface area contributed by atoms with Crippen LogP contribution in [0, 0.1) is 0 Å². The molecule has 7 nitrogen and oxygen atoms in total. The molecule has 1 aromatic heterocycles. The molecule has 0 saturated carbocycles. The van der Waals surface area contributed by atoms with Crippen molar-refractivity contribution in [2.45, 2.75) is 6.42 Å². The topological polar surface area (TPSA) is 75.2 Å². The zero-order valence-electron chi connectivity index (χ0n) is 13.2. The number of para-hydroxylation sites is 2. The van der Waals surface area contributed by atoms with Crippen LogP contribution in [0.5, 0.6) is 5.75 Å². The number of ether oxygens (including phenoxy) is 1. The molecule has 0 radical (unpaired) electrons. The third-order valence-electron chi connectivity index (χ3n) is 2.99. The van der Waals surface area contributed by atoms with Gasteiger partial charge in [-0.15, -0.1) is 5.10 Å². The number of aromatic nitrogens is 3. The van der Waals surface area contributed by atoms with Gasteiger partial charge in [-0.3, -0.25) is 0 Å². The molecule has 0 unspecified atom stereocenters. The van der Waals surface area contributed by atoms with Crippen LogP contribution < -0.4 is 15.4 Å². The van der Waals surface area contributed by atoms with Crippen LogP contribution in [0.3, 0.4) is 0 Å². The second-order valence-corrected chi connectivity index (χ2v) is 5.07. The fraction of sp³-hybridized carbons (Fsp3) is 0.400. The SMILES string of the molecule is COc1ccccc1Nc1cnnc(NCCCN(C)C)n1. The lowest BCUT2D eigenvalue weighted by atomic mass is 10.3. The zero-order chi connectivity index (χ0) is 15.8. The standard InChI is InChI=1S/C15H22N6O/c1-21(2)10-6-9-16-15-19-14(11-17-20-15)18-12-7-4-5-8-13(12)22-3/h4-5,7-8,11H,6,9-10H2,1-3H3,(H2,16,18,19,20). The van der Waals surface area contributed by atoms with E-state index in [4.69, 9.17) is 4.74 Å². The first-order valence-corrected chi connectivity index (χ1v) is 7.17. The van der Waals surface area contributed by atoms with Crippen LogP contribution in [0.15, 0.2) is 30.5 Å². The maximum Gasteiger partial charge on any atom is 0.244 e. The Labute approximate surface area is 130 Å². The highest BCUT2D eigenvalue weighted by Gasteiger charge is 2.05. The van der Waals surface area contributed by atoms with E-state index in [9.17, 15) is 0 Å². The first kappa shape index (κ1) is 16.0. The molecule has 118 valence electrons. The smallest absolute Gasteiger partial charge is 0.244 e. The van der Waals surface area contributed by atoms with Crippen LogP contribution >= 0.6 is 0 Å². The third-order valence-corrected chi connectivity index (χ3v) is 2.99. The van der Waals surface area contributed by atoms with Crippen LogP contribution in [0.4, 0.5) is 17.5 Å². The minimum Gasteiger partial charge on any atom is -0.495 e. The Bertz CT molecular complexity index is 590. The summed E-state index contributed by atoms with van der Waals surface area (Å²) in [5.41, 5.74) is 0.837. The molecular weight excluding hydrogens is 280 g/mol. The van der Waals surface area contributed by atoms with E-state index in [1.54, 1.807) is 13.3 Å². The molecule has 0 fully saturated rings. The van der Waals surface area contributed by atoms with Crippen LogP contribution in [0.25, 0.3) is 0 Å². The van der Waals surface area contributed by atoms with Crippen molar-refractivity contribution in [3.05, 3.63) is 30.5 Å². The number of anilines is 3. The van der Waals surface area contributed by atoms with E-state index in [1.807, 2.05) is 24.3 Å². The van der Waals surface area contributed by atoms with E-state index in [0.29, 0.717) is 11.8 Å². The van der Waals surface area contributed by atoms with Crippen LogP contribution in [-0.2, 0) is 0 Å². The lowest BCUT2D eigenvalue weighted by Gasteiger charge is -2.11. The fourth-order valence-corrected chi connectivity index (χ4v) is 1.92. The summed E-state index contributed by atoms with van der Waals surface area (Å²) in [5, 5.41) is 14.3. The van der Waals surface area contributed by atoms with E-state index in [2.05, 4.69) is 44.8 Å². The largest absolute Gasteiger partial charge is 0.495 e. The molecule has 1 aromatic carbocycles. The molecule has 0 aliphatic carbocycles. The molecule has 0 spiro atoms. The summed E-state index contributed by atoms with van der Waals surface area (Å²) in [4.78, 5) is 6.53. The van der Waals surface area contributed by atoms with Gasteiger partial charge in [0.25, 0.3) is 0 Å². The van der Waals surface area contributed by atoms with Gasteiger partial charge in [0.1, 0.15) is 5.75 Å². The third kappa shape index (κ3) is 4.85. The summed E-state index contributed by atoms with van der Waals surface area (Å²) in [6.45, 7) is 1.82. The van der Waals surface area contributed by atoms with Crippen molar-refractivity contribution in [1.82, 2.24) is 20.1 Å². The minimum atomic E-state index is 0.513. The average molecular weight is 302 g/mol. The van der Waals surface area contributed by atoms with E-state index < -0.39 is 0 Å². The van der Waals surface area contributed by atoms with Gasteiger partial charge in [0.2, 0.25) is 5.95 Å². The molecule has 0 bridgehead atoms. The predicted molar refractivity (Wildman–Crippen MR) is 87.8 cm³/mol. The molecule has 0 aliphatic heterocycles. The predicted octanol–water partition coefficient (Wildman–Crippen LogP) is 1.99. The van der Waals surface area contributed by atoms with E-state index in [0.717, 1.165) is 30.9 Å². The van der Waals surface area contributed by atoms with Gasteiger partial charge in [0.15, 0.2) is 5.82 Å². The summed E-state index contributed by atoms with van der Waals surface area (Å²) >= 11 is 0. The highest BCUT2D eigenvalue weighted by molar-refractivity contribution is 5.63. The zero-order valence-corrected chi connectivity index (χ0v) is 13.2. The van der Waals surface area contributed by atoms with E-state index in [-0.39, 0.29) is 0 Å². The molecule has 2 aromatic rings. The molecule has 0 aliphatic rings. The van der Waals surface area contributed by atoms with Crippen molar-refractivity contribution < 1.29 is 4.74 Å². The fourth-order valence-electron chi connectivity index (χ4n) is 1.92. The van der Waals surface area contributed by atoms with Gasteiger partial charge in [0, 0.05) is 6.54 Å². The first-order chi connectivity index (χ1) is 10.7. The summed E-state index contributed by atoms with van der Waals surface area (Å²) in [7, 11) is 5.74. The van der Waals surface area contributed by atoms with Crippen LogP contribution in [0.1, 0.15) is 6.42 Å². The quantitative estimate of drug-likeness (QED) is 0.722. The molecule has 2 rings (SSSR count). The van der Waals surface area contributed by atoms with Gasteiger partial charge < -0.3 is 20.3 Å². The first-order valence-electron chi connectivity index (χ1n) is 7.17. The molecular formula is C15H22N6O. The number of hydrogen-bond donors (Lipinski definition) is 2. The van der Waals surface area contributed by atoms with Crippen molar-refractivity contribution in [3.8, 4) is 5.75 Å². The molecule has 2 N–H and O–H groups in total. The van der Waals surface area contributed by atoms with Gasteiger partial charge >= 0.3 is 0 Å². The lowest BCUT2D eigenvalue weighted by Crippen LogP contribution is -2.17. The van der Waals surface area contributed by atoms with Crippen molar-refractivity contribution in [1.29, 1.82) is 0 Å². The Balaban J connectivity index is 1.96. The monoisotopic (exact) mass is 302 g/mol. The molecule has 0 saturated heterocycles. The highest BCUT2D eigenvalue weighted by Crippen LogP contribution is 2.25. The van der Waals surface area contributed by atoms with Crippen LogP contribution in [0.2, 0.25) is 0 Å². The second kappa shape index (κ2) is 8.14. The number of hydrogen-bond acceptors (Lipinski definition) is 7. The van der Waals surface area contributed by atoms with Crippen molar-refractivity contribution >= 4 is 17.5 Å². The Kier molecular flexibility index (Phi) is 5.91. The molecule has 0 amide bonds. The highest BCUT2D eigenvalue weighted by atomic mass is 16.5. The maximum atomic E-state index is 5.30. The number of methoxy groups -OCH3 is 1. The van der Waals surface area contributed by atoms with Crippen molar-refractivity contribution in [2.75, 3.05) is 44.9 Å². The van der Waals surface area contributed by atoms with Gasteiger partial charge in [-0.05, 0) is 39.2 Å². The normalized spacial score (nSPS) is 10.5. The van der Waals surface area contributed by atoms with Gasteiger partial charge in [0.05, 0.1) is 19.0 Å². The van der Waals surface area contributed by atoms with E-state index >= 15 is 0 Å². The van der Waals surface area contributed by atoms with E-state index in [1.165, 1.54) is 0 Å². The lowest BCUT2D eigenvalue weighted by molar-refractivity contribution is 0.405.